The number of anilines is 1. The van der Waals surface area contributed by atoms with Gasteiger partial charge < -0.3 is 19.0 Å². The molecule has 1 heterocycles. The Labute approximate surface area is 187 Å². The molecule has 0 bridgehead atoms. The molecule has 12 heteroatoms. The minimum Gasteiger partial charge on any atom is -0.418 e. The maximum atomic E-state index is 10.3. The Balaban J connectivity index is 1.79. The fraction of sp³-hybridized carbons (Fsp3) is 0.211. The summed E-state index contributed by atoms with van der Waals surface area (Å²) in [7, 11) is 0. The number of aromatic nitrogens is 2. The van der Waals surface area contributed by atoms with E-state index in [-0.39, 0.29) is 11.8 Å². The summed E-state index contributed by atoms with van der Waals surface area (Å²) in [6, 6.07) is 9.40. The van der Waals surface area contributed by atoms with Crippen molar-refractivity contribution in [1.29, 1.82) is 0 Å². The van der Waals surface area contributed by atoms with Gasteiger partial charge in [-0.15, -0.1) is 19.5 Å². The molecule has 0 radical (unpaired) electrons. The molecule has 2 aromatic carbocycles. The minimum absolute atomic E-state index is 0.194. The van der Waals surface area contributed by atoms with E-state index in [9.17, 15) is 5.11 Å². The van der Waals surface area contributed by atoms with Crippen LogP contribution in [0.2, 0.25) is 5.02 Å². The number of rotatable bonds is 9. The topological polar surface area (TPSA) is 129 Å². The van der Waals surface area contributed by atoms with Gasteiger partial charge in [-0.3, -0.25) is 0 Å². The van der Waals surface area contributed by atoms with Crippen molar-refractivity contribution in [3.8, 4) is 17.2 Å². The number of aliphatic hydroxyl groups is 1. The third kappa shape index (κ3) is 5.45. The number of hydrogen-bond acceptors (Lipinski definition) is 10. The first-order valence-corrected chi connectivity index (χ1v) is 9.90. The van der Waals surface area contributed by atoms with Crippen LogP contribution in [-0.2, 0) is 9.32 Å². The fourth-order valence-corrected chi connectivity index (χ4v) is 3.13. The molecule has 10 nitrogen and oxygen atoms in total. The maximum absolute atomic E-state index is 10.3. The van der Waals surface area contributed by atoms with Crippen LogP contribution in [0.25, 0.3) is 16.3 Å². The summed E-state index contributed by atoms with van der Waals surface area (Å²) >= 11 is 6.81. The lowest BCUT2D eigenvalue weighted by molar-refractivity contribution is -0.199. The van der Waals surface area contributed by atoms with Gasteiger partial charge in [0.2, 0.25) is 17.5 Å². The summed E-state index contributed by atoms with van der Waals surface area (Å²) in [4.78, 5) is 7.31. The standard InChI is InChI=1S/C19H18ClN5O5S/c1-10-14(8-9-15(22-3)16(10)20)23-17(11(2)26)19-25-24-18(27-19)12-4-6-13(7-5-12)28-31-30-29-21/h4-9,11,17,23,26H,21H2,1-2H3/t11?,17-/m1/s1. The zero-order chi connectivity index (χ0) is 22.4. The van der Waals surface area contributed by atoms with Crippen molar-refractivity contribution in [3.63, 3.8) is 0 Å². The van der Waals surface area contributed by atoms with Crippen LogP contribution in [0, 0.1) is 13.5 Å². The van der Waals surface area contributed by atoms with E-state index >= 15 is 0 Å². The summed E-state index contributed by atoms with van der Waals surface area (Å²) in [5.74, 6) is 5.67. The van der Waals surface area contributed by atoms with Gasteiger partial charge in [-0.25, -0.2) is 4.85 Å². The third-order valence-electron chi connectivity index (χ3n) is 4.29. The second-order valence-electron chi connectivity index (χ2n) is 6.33. The molecule has 3 aromatic rings. The van der Waals surface area contributed by atoms with Gasteiger partial charge in [-0.1, -0.05) is 17.7 Å². The van der Waals surface area contributed by atoms with E-state index < -0.39 is 12.1 Å². The Morgan fingerprint density at radius 2 is 2.00 bits per heavy atom. The molecule has 0 aliphatic heterocycles. The number of halogens is 1. The predicted octanol–water partition coefficient (Wildman–Crippen LogP) is 4.55. The van der Waals surface area contributed by atoms with E-state index in [4.69, 9.17) is 32.7 Å². The van der Waals surface area contributed by atoms with Crippen molar-refractivity contribution in [2.45, 2.75) is 26.0 Å². The molecular weight excluding hydrogens is 446 g/mol. The fourth-order valence-electron chi connectivity index (χ4n) is 2.67. The Morgan fingerprint density at radius 1 is 1.26 bits per heavy atom. The maximum Gasteiger partial charge on any atom is 0.260 e. The summed E-state index contributed by atoms with van der Waals surface area (Å²) in [5, 5.41) is 21.9. The Hall–Kier alpha value is -2.85. The molecule has 2 atom stereocenters. The van der Waals surface area contributed by atoms with Crippen molar-refractivity contribution in [2.75, 3.05) is 5.32 Å². The third-order valence-corrected chi connectivity index (χ3v) is 5.16. The van der Waals surface area contributed by atoms with Crippen molar-refractivity contribution >= 4 is 35.3 Å². The molecule has 162 valence electrons. The molecule has 0 saturated carbocycles. The average molecular weight is 464 g/mol. The lowest BCUT2D eigenvalue weighted by Gasteiger charge is -2.21. The van der Waals surface area contributed by atoms with Crippen LogP contribution in [0.15, 0.2) is 40.8 Å². The van der Waals surface area contributed by atoms with Crippen molar-refractivity contribution in [3.05, 3.63) is 64.3 Å². The molecule has 3 rings (SSSR count). The van der Waals surface area contributed by atoms with Crippen LogP contribution in [-0.4, -0.2) is 21.4 Å². The van der Waals surface area contributed by atoms with Gasteiger partial charge in [-0.05, 0) is 49.7 Å². The van der Waals surface area contributed by atoms with Crippen LogP contribution in [0.5, 0.6) is 5.75 Å². The van der Waals surface area contributed by atoms with Crippen LogP contribution in [0.3, 0.4) is 0 Å². The highest BCUT2D eigenvalue weighted by molar-refractivity contribution is 7.90. The number of nitrogens with zero attached hydrogens (tertiary/aromatic N) is 3. The molecule has 0 fully saturated rings. The SMILES string of the molecule is [C-]#[N+]c1ccc(N[C@@H](c2nnc(-c3ccc(OSOON)cc3)o2)C(C)O)c(C)c1Cl. The van der Waals surface area contributed by atoms with E-state index in [2.05, 4.69) is 29.7 Å². The Bertz CT molecular complexity index is 1070. The molecule has 0 amide bonds. The van der Waals surface area contributed by atoms with Crippen LogP contribution < -0.4 is 15.4 Å². The van der Waals surface area contributed by atoms with Gasteiger partial charge in [0, 0.05) is 11.3 Å². The number of aliphatic hydroxyl groups excluding tert-OH is 1. The molecule has 0 spiro atoms. The first kappa shape index (κ1) is 22.8. The predicted molar refractivity (Wildman–Crippen MR) is 115 cm³/mol. The number of benzene rings is 2. The lowest BCUT2D eigenvalue weighted by atomic mass is 10.1. The average Bonchev–Trinajstić information content (AvgIpc) is 3.25. The number of nitrogens with two attached hydrogens (primary N) is 1. The minimum atomic E-state index is -0.857. The molecule has 31 heavy (non-hydrogen) atoms. The lowest BCUT2D eigenvalue weighted by Crippen LogP contribution is -2.23. The Morgan fingerprint density at radius 3 is 2.65 bits per heavy atom. The van der Waals surface area contributed by atoms with Crippen molar-refractivity contribution < 1.29 is 23.0 Å². The van der Waals surface area contributed by atoms with Gasteiger partial charge in [-0.2, -0.15) is 5.90 Å². The van der Waals surface area contributed by atoms with E-state index in [1.54, 1.807) is 50.2 Å². The van der Waals surface area contributed by atoms with Crippen LogP contribution >= 0.6 is 23.9 Å². The van der Waals surface area contributed by atoms with Crippen molar-refractivity contribution in [1.82, 2.24) is 10.2 Å². The normalized spacial score (nSPS) is 12.8. The zero-order valence-corrected chi connectivity index (χ0v) is 18.0. The van der Waals surface area contributed by atoms with Gasteiger partial charge in [0.15, 0.2) is 0 Å². The highest BCUT2D eigenvalue weighted by atomic mass is 35.5. The van der Waals surface area contributed by atoms with Gasteiger partial charge in [0.25, 0.3) is 12.3 Å². The monoisotopic (exact) mass is 463 g/mol. The molecule has 0 aliphatic rings. The molecule has 0 aliphatic carbocycles. The summed E-state index contributed by atoms with van der Waals surface area (Å²) in [6.45, 7) is 10.5. The highest BCUT2D eigenvalue weighted by Crippen LogP contribution is 2.35. The van der Waals surface area contributed by atoms with Gasteiger partial charge in [0.05, 0.1) is 17.7 Å². The Kier molecular flexibility index (Phi) is 7.69. The molecular formula is C19H18ClN5O5S. The number of nitrogens with one attached hydrogen (secondary N) is 1. The number of hydrogen-bond donors (Lipinski definition) is 3. The van der Waals surface area contributed by atoms with E-state index in [1.165, 1.54) is 0 Å². The molecule has 0 saturated heterocycles. The second-order valence-corrected chi connectivity index (χ2v) is 7.15. The van der Waals surface area contributed by atoms with E-state index in [0.717, 1.165) is 0 Å². The summed E-state index contributed by atoms with van der Waals surface area (Å²) in [5.41, 5.74) is 2.33. The summed E-state index contributed by atoms with van der Waals surface area (Å²) in [6.07, 6.45) is -0.857. The van der Waals surface area contributed by atoms with Crippen molar-refractivity contribution in [2.24, 2.45) is 5.90 Å². The van der Waals surface area contributed by atoms with Gasteiger partial charge >= 0.3 is 0 Å². The smallest absolute Gasteiger partial charge is 0.260 e. The zero-order valence-electron chi connectivity index (χ0n) is 16.4. The second kappa shape index (κ2) is 10.5. The van der Waals surface area contributed by atoms with Crippen LogP contribution in [0.1, 0.15) is 24.4 Å². The molecule has 4 N–H and O–H groups in total. The van der Waals surface area contributed by atoms with E-state index in [0.29, 0.717) is 45.6 Å². The molecule has 1 aromatic heterocycles. The summed E-state index contributed by atoms with van der Waals surface area (Å²) < 4.78 is 15.3. The highest BCUT2D eigenvalue weighted by Gasteiger charge is 2.25. The quantitative estimate of drug-likeness (QED) is 0.136. The molecule has 1 unspecified atom stereocenters. The van der Waals surface area contributed by atoms with Crippen LogP contribution in [0.4, 0.5) is 11.4 Å². The largest absolute Gasteiger partial charge is 0.418 e. The first-order chi connectivity index (χ1) is 14.9. The first-order valence-electron chi connectivity index (χ1n) is 8.86. The van der Waals surface area contributed by atoms with Gasteiger partial charge in [0.1, 0.15) is 11.8 Å². The van der Waals surface area contributed by atoms with E-state index in [1.807, 2.05) is 0 Å².